The lowest BCUT2D eigenvalue weighted by Gasteiger charge is -2.07. The van der Waals surface area contributed by atoms with Crippen molar-refractivity contribution in [3.63, 3.8) is 0 Å². The fourth-order valence-corrected chi connectivity index (χ4v) is 6.40. The minimum absolute atomic E-state index is 0.305. The molecule has 3 aromatic heterocycles. The van der Waals surface area contributed by atoms with Gasteiger partial charge >= 0.3 is 0 Å². The van der Waals surface area contributed by atoms with Gasteiger partial charge in [-0.3, -0.25) is 9.59 Å². The molecule has 48 heavy (non-hydrogen) atoms. The Bertz CT molecular complexity index is 2420. The highest BCUT2D eigenvalue weighted by Crippen LogP contribution is 2.34. The molecule has 0 spiro atoms. The zero-order valence-corrected chi connectivity index (χ0v) is 27.0. The summed E-state index contributed by atoms with van der Waals surface area (Å²) < 4.78 is 0.914. The third-order valence-electron chi connectivity index (χ3n) is 8.37. The lowest BCUT2D eigenvalue weighted by molar-refractivity contribution is 0.102. The van der Waals surface area contributed by atoms with Crippen LogP contribution < -0.4 is 5.32 Å². The Balaban J connectivity index is 1.50. The number of nitrogens with one attached hydrogen (secondary N) is 3. The first-order valence-electron chi connectivity index (χ1n) is 15.3. The molecule has 0 atom stereocenters. The molecule has 0 saturated carbocycles. The maximum atomic E-state index is 14.2. The number of H-pyrrole nitrogens is 2. The molecule has 3 aromatic carbocycles. The topological polar surface area (TPSA) is 104 Å². The number of aromatic amines is 2. The van der Waals surface area contributed by atoms with E-state index >= 15 is 0 Å². The van der Waals surface area contributed by atoms with Crippen LogP contribution in [0.3, 0.4) is 0 Å². The number of carbonyl (C=O) groups is 2. The number of benzene rings is 3. The van der Waals surface area contributed by atoms with Crippen LogP contribution in [0.1, 0.15) is 43.5 Å². The maximum absolute atomic E-state index is 14.2. The van der Waals surface area contributed by atoms with E-state index in [9.17, 15) is 9.59 Å². The molecule has 230 valence electrons. The van der Waals surface area contributed by atoms with E-state index in [1.165, 1.54) is 0 Å². The Morgan fingerprint density at radius 1 is 0.583 bits per heavy atom. The SMILES string of the molecule is O=Cc1c2nc(c(-c3ccccc3)c3ccc([nH]3)c(C(=O)Nc3ccc(Br)cc3)c3nc(c(-c4ccccc4)c4ccc1[nH]4)C=C3)C=C2. The predicted molar refractivity (Wildman–Crippen MR) is 197 cm³/mol. The minimum atomic E-state index is -0.305. The molecule has 7 nitrogen and oxygen atoms in total. The van der Waals surface area contributed by atoms with Crippen LogP contribution in [0, 0.1) is 0 Å². The summed E-state index contributed by atoms with van der Waals surface area (Å²) in [5, 5.41) is 3.06. The van der Waals surface area contributed by atoms with Crippen molar-refractivity contribution in [2.45, 2.75) is 0 Å². The van der Waals surface area contributed by atoms with Gasteiger partial charge in [-0.15, -0.1) is 0 Å². The number of fused-ring (bicyclic) bond motifs is 8. The van der Waals surface area contributed by atoms with Crippen molar-refractivity contribution in [3.05, 3.63) is 148 Å². The molecular formula is C40H26BrN5O2. The molecule has 6 aromatic rings. The lowest BCUT2D eigenvalue weighted by Crippen LogP contribution is -2.13. The van der Waals surface area contributed by atoms with E-state index in [1.807, 2.05) is 133 Å². The molecule has 2 aliphatic heterocycles. The first-order valence-corrected chi connectivity index (χ1v) is 16.1. The largest absolute Gasteiger partial charge is 0.354 e. The van der Waals surface area contributed by atoms with Crippen LogP contribution in [0.25, 0.3) is 68.6 Å². The first kappa shape index (κ1) is 29.3. The van der Waals surface area contributed by atoms with E-state index in [2.05, 4.69) is 31.2 Å². The number of nitrogens with zero attached hydrogens (tertiary/aromatic N) is 2. The summed E-state index contributed by atoms with van der Waals surface area (Å²) in [6, 6.07) is 35.0. The van der Waals surface area contributed by atoms with Crippen LogP contribution in [0.5, 0.6) is 0 Å². The summed E-state index contributed by atoms with van der Waals surface area (Å²) in [6.45, 7) is 0. The number of hydrogen-bond acceptors (Lipinski definition) is 4. The molecule has 1 amide bonds. The second-order valence-electron chi connectivity index (χ2n) is 11.4. The van der Waals surface area contributed by atoms with Crippen LogP contribution in [0.2, 0.25) is 0 Å². The van der Waals surface area contributed by atoms with Crippen LogP contribution >= 0.6 is 15.9 Å². The monoisotopic (exact) mass is 687 g/mol. The predicted octanol–water partition coefficient (Wildman–Crippen LogP) is 9.82. The Morgan fingerprint density at radius 2 is 1.08 bits per heavy atom. The molecular weight excluding hydrogens is 662 g/mol. The average molecular weight is 689 g/mol. The summed E-state index contributed by atoms with van der Waals surface area (Å²) >= 11 is 3.47. The van der Waals surface area contributed by atoms with Gasteiger partial charge in [0.15, 0.2) is 6.29 Å². The zero-order valence-electron chi connectivity index (χ0n) is 25.4. The molecule has 2 aliphatic rings. The van der Waals surface area contributed by atoms with Gasteiger partial charge in [0.2, 0.25) is 0 Å². The second kappa shape index (κ2) is 12.2. The lowest BCUT2D eigenvalue weighted by atomic mass is 10.0. The first-order chi connectivity index (χ1) is 23.6. The Morgan fingerprint density at radius 3 is 1.69 bits per heavy atom. The van der Waals surface area contributed by atoms with Crippen molar-refractivity contribution in [1.29, 1.82) is 0 Å². The second-order valence-corrected chi connectivity index (χ2v) is 12.3. The maximum Gasteiger partial charge on any atom is 0.259 e. The van der Waals surface area contributed by atoms with Gasteiger partial charge in [0.05, 0.1) is 44.9 Å². The van der Waals surface area contributed by atoms with Crippen LogP contribution in [-0.2, 0) is 0 Å². The van der Waals surface area contributed by atoms with Crippen LogP contribution in [0.15, 0.2) is 114 Å². The standard InChI is InChI=1S/C40H26BrN5O2/c41-26-11-13-27(14-12-26)42-40(48)39-35-21-19-33(45-35)37(24-7-3-1-4-8-24)31-17-15-29(43-31)28(23-47)30-16-18-32(44-30)38(25-9-5-2-6-10-25)34-20-22-36(39)46-34/h1-23,43,46H,(H,42,48). The van der Waals surface area contributed by atoms with Crippen LogP contribution in [-0.4, -0.2) is 32.1 Å². The molecule has 8 rings (SSSR count). The van der Waals surface area contributed by atoms with Crippen molar-refractivity contribution in [3.8, 4) is 22.3 Å². The normalized spacial score (nSPS) is 11.9. The minimum Gasteiger partial charge on any atom is -0.354 e. The van der Waals surface area contributed by atoms with E-state index in [4.69, 9.17) is 9.97 Å². The van der Waals surface area contributed by atoms with Gasteiger partial charge in [-0.1, -0.05) is 76.6 Å². The third-order valence-corrected chi connectivity index (χ3v) is 8.90. The molecule has 0 unspecified atom stereocenters. The number of halogens is 1. The highest BCUT2D eigenvalue weighted by Gasteiger charge is 2.20. The van der Waals surface area contributed by atoms with Gasteiger partial charge in [-0.25, -0.2) is 9.97 Å². The highest BCUT2D eigenvalue weighted by molar-refractivity contribution is 9.10. The number of rotatable bonds is 5. The van der Waals surface area contributed by atoms with E-state index < -0.39 is 0 Å². The van der Waals surface area contributed by atoms with Crippen molar-refractivity contribution >= 4 is 80.2 Å². The molecule has 8 bridgehead atoms. The average Bonchev–Trinajstić information content (AvgIpc) is 3.94. The number of hydrogen-bond donors (Lipinski definition) is 3. The van der Waals surface area contributed by atoms with Crippen molar-refractivity contribution in [1.82, 2.24) is 19.9 Å². The van der Waals surface area contributed by atoms with Crippen molar-refractivity contribution < 1.29 is 9.59 Å². The van der Waals surface area contributed by atoms with Gasteiger partial charge in [0.25, 0.3) is 5.91 Å². The number of aldehydes is 1. The Labute approximate surface area is 283 Å². The number of carbonyl (C=O) groups excluding carboxylic acids is 2. The van der Waals surface area contributed by atoms with Crippen LogP contribution in [0.4, 0.5) is 5.69 Å². The molecule has 5 heterocycles. The van der Waals surface area contributed by atoms with E-state index in [-0.39, 0.29) is 5.91 Å². The van der Waals surface area contributed by atoms with Gasteiger partial charge in [0, 0.05) is 32.3 Å². The van der Waals surface area contributed by atoms with E-state index in [1.54, 1.807) is 0 Å². The number of amides is 1. The Hall–Kier alpha value is -6.12. The fraction of sp³-hybridized carbons (Fsp3) is 0. The zero-order chi connectivity index (χ0) is 32.6. The van der Waals surface area contributed by atoms with Crippen molar-refractivity contribution in [2.24, 2.45) is 0 Å². The molecule has 3 N–H and O–H groups in total. The molecule has 8 heteroatoms. The third kappa shape index (κ3) is 5.38. The summed E-state index contributed by atoms with van der Waals surface area (Å²) in [6.07, 6.45) is 8.41. The van der Waals surface area contributed by atoms with Crippen molar-refractivity contribution in [2.75, 3.05) is 5.32 Å². The van der Waals surface area contributed by atoms with Gasteiger partial charge in [0.1, 0.15) is 0 Å². The summed E-state index contributed by atoms with van der Waals surface area (Å²) in [5.74, 6) is -0.305. The van der Waals surface area contributed by atoms with E-state index in [0.29, 0.717) is 50.6 Å². The highest BCUT2D eigenvalue weighted by atomic mass is 79.9. The fourth-order valence-electron chi connectivity index (χ4n) is 6.13. The summed E-state index contributed by atoms with van der Waals surface area (Å²) in [7, 11) is 0. The molecule has 0 radical (unpaired) electrons. The molecule has 0 aliphatic carbocycles. The summed E-state index contributed by atoms with van der Waals surface area (Å²) in [5.41, 5.74) is 10.2. The molecule has 0 saturated heterocycles. The number of anilines is 1. The van der Waals surface area contributed by atoms with Gasteiger partial charge < -0.3 is 15.3 Å². The van der Waals surface area contributed by atoms with Gasteiger partial charge in [-0.2, -0.15) is 0 Å². The molecule has 0 fully saturated rings. The van der Waals surface area contributed by atoms with E-state index in [0.717, 1.165) is 44.0 Å². The Kier molecular flexibility index (Phi) is 7.47. The number of aromatic nitrogens is 4. The summed E-state index contributed by atoms with van der Waals surface area (Å²) in [4.78, 5) is 43.8. The van der Waals surface area contributed by atoms with Gasteiger partial charge in [-0.05, 0) is 84.0 Å². The quantitative estimate of drug-likeness (QED) is 0.157. The smallest absolute Gasteiger partial charge is 0.259 e.